The number of hydrogen-bond acceptors (Lipinski definition) is 2. The Morgan fingerprint density at radius 1 is 1.45 bits per heavy atom. The van der Waals surface area contributed by atoms with Gasteiger partial charge in [0.15, 0.2) is 0 Å². The number of rotatable bonds is 2. The summed E-state index contributed by atoms with van der Waals surface area (Å²) >= 11 is 0. The molecule has 57 valence electrons. The van der Waals surface area contributed by atoms with E-state index in [0.29, 0.717) is 5.69 Å². The van der Waals surface area contributed by atoms with E-state index in [2.05, 4.69) is 12.4 Å². The number of para-hydroxylation sites is 1. The van der Waals surface area contributed by atoms with Crippen LogP contribution in [0.4, 0.5) is 5.69 Å². The molecule has 0 amide bonds. The van der Waals surface area contributed by atoms with Gasteiger partial charge < -0.3 is 10.4 Å². The number of hydrogen-bond donors (Lipinski definition) is 2. The minimum atomic E-state index is -0.947. The average molecular weight is 150 g/mol. The van der Waals surface area contributed by atoms with Crippen LogP contribution in [0.25, 0.3) is 0 Å². The second-order valence-electron chi connectivity index (χ2n) is 2.03. The zero-order chi connectivity index (χ0) is 8.27. The predicted molar refractivity (Wildman–Crippen MR) is 42.4 cm³/mol. The predicted octanol–water partition coefficient (Wildman–Crippen LogP) is 1.59. The molecule has 0 spiro atoms. The molecule has 0 aliphatic heterocycles. The monoisotopic (exact) mass is 150 g/mol. The number of carboxylic acid groups (broad SMARTS) is 1. The van der Waals surface area contributed by atoms with Crippen LogP contribution in [0.3, 0.4) is 0 Å². The average Bonchev–Trinajstić information content (AvgIpc) is 2.04. The Bertz CT molecular complexity index is 271. The van der Waals surface area contributed by atoms with Crippen molar-refractivity contribution in [2.24, 2.45) is 0 Å². The summed E-state index contributed by atoms with van der Waals surface area (Å²) in [5.74, 6) is -0.947. The maximum absolute atomic E-state index is 10.5. The summed E-state index contributed by atoms with van der Waals surface area (Å²) in [6, 6.07) is 6.61. The molecular weight excluding hydrogens is 142 g/mol. The molecule has 11 heavy (non-hydrogen) atoms. The Balaban J connectivity index is 3.12. The molecule has 0 unspecified atom stereocenters. The molecule has 1 aromatic rings. The summed E-state index contributed by atoms with van der Waals surface area (Å²) in [5, 5.41) is 11.2. The molecule has 1 aromatic carbocycles. The summed E-state index contributed by atoms with van der Waals surface area (Å²) < 4.78 is 0. The fraction of sp³-hybridized carbons (Fsp3) is 0. The minimum Gasteiger partial charge on any atom is -0.478 e. The smallest absolute Gasteiger partial charge is 0.337 e. The largest absolute Gasteiger partial charge is 0.478 e. The van der Waals surface area contributed by atoms with Crippen molar-refractivity contribution in [3.05, 3.63) is 36.9 Å². The van der Waals surface area contributed by atoms with Crippen LogP contribution in [0.15, 0.2) is 24.3 Å². The summed E-state index contributed by atoms with van der Waals surface area (Å²) in [5.41, 5.74) is 0.766. The molecule has 0 aliphatic rings. The maximum atomic E-state index is 10.5. The van der Waals surface area contributed by atoms with Crippen LogP contribution in [-0.2, 0) is 0 Å². The zero-order valence-corrected chi connectivity index (χ0v) is 5.87. The fourth-order valence-corrected chi connectivity index (χ4v) is 0.824. The second-order valence-corrected chi connectivity index (χ2v) is 2.03. The van der Waals surface area contributed by atoms with E-state index < -0.39 is 5.97 Å². The van der Waals surface area contributed by atoms with Crippen molar-refractivity contribution in [2.45, 2.75) is 0 Å². The highest BCUT2D eigenvalue weighted by atomic mass is 16.4. The van der Waals surface area contributed by atoms with Gasteiger partial charge in [-0.3, -0.25) is 0 Å². The molecule has 3 nitrogen and oxygen atoms in total. The van der Waals surface area contributed by atoms with Gasteiger partial charge in [0, 0.05) is 12.7 Å². The van der Waals surface area contributed by atoms with Crippen LogP contribution in [0.1, 0.15) is 10.4 Å². The molecule has 2 N–H and O–H groups in total. The quantitative estimate of drug-likeness (QED) is 0.673. The van der Waals surface area contributed by atoms with E-state index in [0.717, 1.165) is 0 Å². The van der Waals surface area contributed by atoms with E-state index in [1.807, 2.05) is 0 Å². The highest BCUT2D eigenvalue weighted by Gasteiger charge is 2.05. The molecule has 0 saturated heterocycles. The standard InChI is InChI=1S/C8H8NO2/c1-9-7-5-3-2-4-6(7)8(10)11/h2-5,9H,1H2,(H,10,11). The minimum absolute atomic E-state index is 0.238. The highest BCUT2D eigenvalue weighted by Crippen LogP contribution is 2.13. The van der Waals surface area contributed by atoms with Crippen molar-refractivity contribution in [3.63, 3.8) is 0 Å². The molecule has 0 aliphatic carbocycles. The van der Waals surface area contributed by atoms with Crippen LogP contribution in [0.5, 0.6) is 0 Å². The molecule has 0 aromatic heterocycles. The van der Waals surface area contributed by atoms with Crippen molar-refractivity contribution in [1.82, 2.24) is 0 Å². The molecule has 0 heterocycles. The molecule has 0 fully saturated rings. The summed E-state index contributed by atoms with van der Waals surface area (Å²) in [7, 11) is 3.39. The lowest BCUT2D eigenvalue weighted by Gasteiger charge is -2.02. The van der Waals surface area contributed by atoms with Crippen LogP contribution in [0.2, 0.25) is 0 Å². The third-order valence-corrected chi connectivity index (χ3v) is 1.35. The van der Waals surface area contributed by atoms with Gasteiger partial charge in [0.2, 0.25) is 0 Å². The first-order valence-electron chi connectivity index (χ1n) is 3.11. The SMILES string of the molecule is [CH2]Nc1ccccc1C(=O)O. The van der Waals surface area contributed by atoms with Gasteiger partial charge in [0.05, 0.1) is 5.56 Å². The topological polar surface area (TPSA) is 49.3 Å². The van der Waals surface area contributed by atoms with Crippen molar-refractivity contribution < 1.29 is 9.90 Å². The first kappa shape index (κ1) is 7.60. The Morgan fingerprint density at radius 2 is 2.09 bits per heavy atom. The first-order valence-corrected chi connectivity index (χ1v) is 3.11. The van der Waals surface area contributed by atoms with E-state index in [1.165, 1.54) is 6.07 Å². The lowest BCUT2D eigenvalue weighted by atomic mass is 10.2. The Labute approximate surface area is 64.7 Å². The Hall–Kier alpha value is -1.51. The van der Waals surface area contributed by atoms with Gasteiger partial charge in [-0.2, -0.15) is 0 Å². The lowest BCUT2D eigenvalue weighted by molar-refractivity contribution is 0.0698. The molecular formula is C8H8NO2. The number of nitrogens with one attached hydrogen (secondary N) is 1. The molecule has 0 bridgehead atoms. The van der Waals surface area contributed by atoms with E-state index in [-0.39, 0.29) is 5.56 Å². The maximum Gasteiger partial charge on any atom is 0.337 e. The van der Waals surface area contributed by atoms with Gasteiger partial charge in [-0.05, 0) is 12.1 Å². The molecule has 1 rings (SSSR count). The summed E-state index contributed by atoms with van der Waals surface area (Å²) in [6.45, 7) is 0. The van der Waals surface area contributed by atoms with Gasteiger partial charge in [-0.1, -0.05) is 12.1 Å². The van der Waals surface area contributed by atoms with Gasteiger partial charge in [-0.15, -0.1) is 0 Å². The number of carboxylic acids is 1. The van der Waals surface area contributed by atoms with Gasteiger partial charge in [0.25, 0.3) is 0 Å². The Morgan fingerprint density at radius 3 is 2.55 bits per heavy atom. The van der Waals surface area contributed by atoms with Crippen LogP contribution in [0, 0.1) is 7.05 Å². The van der Waals surface area contributed by atoms with Gasteiger partial charge in [-0.25, -0.2) is 4.79 Å². The molecule has 0 atom stereocenters. The summed E-state index contributed by atoms with van der Waals surface area (Å²) in [6.07, 6.45) is 0. The number of benzene rings is 1. The van der Waals surface area contributed by atoms with Gasteiger partial charge in [0.1, 0.15) is 0 Å². The highest BCUT2D eigenvalue weighted by molar-refractivity contribution is 5.94. The Kier molecular flexibility index (Phi) is 2.11. The number of carbonyl (C=O) groups is 1. The lowest BCUT2D eigenvalue weighted by Crippen LogP contribution is -2.00. The van der Waals surface area contributed by atoms with Crippen molar-refractivity contribution in [3.8, 4) is 0 Å². The van der Waals surface area contributed by atoms with Gasteiger partial charge >= 0.3 is 5.97 Å². The normalized spacial score (nSPS) is 9.18. The van der Waals surface area contributed by atoms with E-state index in [9.17, 15) is 4.79 Å². The van der Waals surface area contributed by atoms with Crippen molar-refractivity contribution in [2.75, 3.05) is 5.32 Å². The van der Waals surface area contributed by atoms with E-state index >= 15 is 0 Å². The fourth-order valence-electron chi connectivity index (χ4n) is 0.824. The van der Waals surface area contributed by atoms with E-state index in [4.69, 9.17) is 5.11 Å². The summed E-state index contributed by atoms with van der Waals surface area (Å²) in [4.78, 5) is 10.5. The molecule has 3 heteroatoms. The third kappa shape index (κ3) is 1.49. The van der Waals surface area contributed by atoms with Crippen LogP contribution in [-0.4, -0.2) is 11.1 Å². The van der Waals surface area contributed by atoms with Crippen LogP contribution >= 0.6 is 0 Å². The van der Waals surface area contributed by atoms with Crippen molar-refractivity contribution in [1.29, 1.82) is 0 Å². The number of anilines is 1. The first-order chi connectivity index (χ1) is 5.25. The van der Waals surface area contributed by atoms with Crippen LogP contribution < -0.4 is 5.32 Å². The molecule has 0 saturated carbocycles. The van der Waals surface area contributed by atoms with E-state index in [1.54, 1.807) is 18.2 Å². The number of aromatic carboxylic acids is 1. The van der Waals surface area contributed by atoms with Crippen molar-refractivity contribution >= 4 is 11.7 Å². The zero-order valence-electron chi connectivity index (χ0n) is 5.87. The third-order valence-electron chi connectivity index (χ3n) is 1.35. The molecule has 1 radical (unpaired) electrons. The second kappa shape index (κ2) is 3.05.